The largest absolute Gasteiger partial charge is 0.493 e. The molecule has 1 aliphatic rings. The molecule has 0 radical (unpaired) electrons. The van der Waals surface area contributed by atoms with Crippen LogP contribution in [0.2, 0.25) is 0 Å². The lowest BCUT2D eigenvalue weighted by Gasteiger charge is -2.44. The molecule has 0 saturated heterocycles. The first-order chi connectivity index (χ1) is 14.4. The van der Waals surface area contributed by atoms with Crippen LogP contribution in [-0.2, 0) is 10.2 Å². The van der Waals surface area contributed by atoms with E-state index in [2.05, 4.69) is 51.1 Å². The number of ether oxygens (including phenoxy) is 3. The van der Waals surface area contributed by atoms with E-state index in [1.807, 2.05) is 18.2 Å². The molecule has 4 heteroatoms. The molecule has 0 heterocycles. The Morgan fingerprint density at radius 2 is 1.73 bits per heavy atom. The summed E-state index contributed by atoms with van der Waals surface area (Å²) < 4.78 is 17.3. The fourth-order valence-electron chi connectivity index (χ4n) is 4.90. The van der Waals surface area contributed by atoms with Gasteiger partial charge in [-0.25, -0.2) is 0 Å². The Morgan fingerprint density at radius 1 is 1.00 bits per heavy atom. The van der Waals surface area contributed by atoms with Crippen molar-refractivity contribution >= 4 is 0 Å². The lowest BCUT2D eigenvalue weighted by atomic mass is 9.64. The minimum Gasteiger partial charge on any atom is -0.493 e. The molecule has 164 valence electrons. The van der Waals surface area contributed by atoms with Gasteiger partial charge in [0.1, 0.15) is 6.10 Å². The summed E-state index contributed by atoms with van der Waals surface area (Å²) in [5.74, 6) is 2.20. The summed E-state index contributed by atoms with van der Waals surface area (Å²) in [5, 5.41) is 10.9. The maximum Gasteiger partial charge on any atom is 0.166 e. The standard InChI is InChI=1S/C26H36O4/c1-18-14-15-21(26(2,3)19-10-7-6-8-11-19)24(16-18)30-17-22(27)20-12-9-13-23(28-4)25(20)29-5/h6-13,18,21-22,24,27H,14-17H2,1-5H3/t18-,21-,22?,24-/m1/s1. The smallest absolute Gasteiger partial charge is 0.166 e. The number of hydrogen-bond acceptors (Lipinski definition) is 4. The monoisotopic (exact) mass is 412 g/mol. The number of aliphatic hydroxyl groups excluding tert-OH is 1. The van der Waals surface area contributed by atoms with Gasteiger partial charge in [-0.2, -0.15) is 0 Å². The molecule has 0 amide bonds. The van der Waals surface area contributed by atoms with Crippen molar-refractivity contribution in [1.29, 1.82) is 0 Å². The van der Waals surface area contributed by atoms with E-state index in [0.717, 1.165) is 12.8 Å². The molecule has 0 bridgehead atoms. The second-order valence-corrected chi connectivity index (χ2v) is 9.08. The Balaban J connectivity index is 1.76. The predicted octanol–water partition coefficient (Wildman–Crippen LogP) is 5.54. The van der Waals surface area contributed by atoms with Gasteiger partial charge in [-0.15, -0.1) is 0 Å². The average Bonchev–Trinajstić information content (AvgIpc) is 2.77. The van der Waals surface area contributed by atoms with E-state index < -0.39 is 6.10 Å². The number of benzene rings is 2. The molecule has 4 atom stereocenters. The average molecular weight is 413 g/mol. The molecule has 1 N–H and O–H groups in total. The van der Waals surface area contributed by atoms with Crippen molar-refractivity contribution in [1.82, 2.24) is 0 Å². The van der Waals surface area contributed by atoms with E-state index in [1.165, 1.54) is 12.0 Å². The minimum absolute atomic E-state index is 0.00464. The van der Waals surface area contributed by atoms with Crippen LogP contribution in [0.25, 0.3) is 0 Å². The summed E-state index contributed by atoms with van der Waals surface area (Å²) in [7, 11) is 3.19. The van der Waals surface area contributed by atoms with Gasteiger partial charge in [0.2, 0.25) is 0 Å². The Kier molecular flexibility index (Phi) is 7.43. The molecule has 1 fully saturated rings. The van der Waals surface area contributed by atoms with Crippen LogP contribution in [0.15, 0.2) is 48.5 Å². The van der Waals surface area contributed by atoms with Crippen molar-refractivity contribution in [3.05, 3.63) is 59.7 Å². The van der Waals surface area contributed by atoms with Gasteiger partial charge in [0.15, 0.2) is 11.5 Å². The SMILES string of the molecule is COc1cccc(C(O)CO[C@@H]2C[C@H](C)CC[C@H]2C(C)(C)c2ccccc2)c1OC. The molecule has 3 rings (SSSR count). The quantitative estimate of drug-likeness (QED) is 0.619. The van der Waals surface area contributed by atoms with Crippen molar-refractivity contribution < 1.29 is 19.3 Å². The van der Waals surface area contributed by atoms with Crippen LogP contribution in [0, 0.1) is 11.8 Å². The van der Waals surface area contributed by atoms with Crippen LogP contribution in [0.1, 0.15) is 57.3 Å². The van der Waals surface area contributed by atoms with Crippen molar-refractivity contribution in [3.63, 3.8) is 0 Å². The summed E-state index contributed by atoms with van der Waals surface area (Å²) in [6.45, 7) is 7.17. The Bertz CT molecular complexity index is 802. The summed E-state index contributed by atoms with van der Waals surface area (Å²) in [6.07, 6.45) is 2.70. The number of methoxy groups -OCH3 is 2. The fraction of sp³-hybridized carbons (Fsp3) is 0.538. The van der Waals surface area contributed by atoms with Crippen molar-refractivity contribution in [3.8, 4) is 11.5 Å². The van der Waals surface area contributed by atoms with Crippen molar-refractivity contribution in [2.24, 2.45) is 11.8 Å². The first kappa shape index (κ1) is 22.6. The molecule has 0 aromatic heterocycles. The molecule has 0 aliphatic heterocycles. The number of aliphatic hydroxyl groups is 1. The van der Waals surface area contributed by atoms with Crippen LogP contribution in [-0.4, -0.2) is 32.0 Å². The first-order valence-electron chi connectivity index (χ1n) is 10.9. The molecule has 2 aromatic carbocycles. The lowest BCUT2D eigenvalue weighted by molar-refractivity contribution is -0.0756. The zero-order valence-electron chi connectivity index (χ0n) is 18.9. The molecule has 1 unspecified atom stereocenters. The molecule has 2 aromatic rings. The second kappa shape index (κ2) is 9.84. The van der Waals surface area contributed by atoms with Gasteiger partial charge in [0.05, 0.1) is 26.9 Å². The Morgan fingerprint density at radius 3 is 2.40 bits per heavy atom. The first-order valence-corrected chi connectivity index (χ1v) is 10.9. The molecule has 1 aliphatic carbocycles. The van der Waals surface area contributed by atoms with E-state index in [4.69, 9.17) is 14.2 Å². The molecule has 0 spiro atoms. The number of rotatable bonds is 8. The molecule has 30 heavy (non-hydrogen) atoms. The highest BCUT2D eigenvalue weighted by molar-refractivity contribution is 5.47. The zero-order chi connectivity index (χ0) is 21.7. The summed E-state index contributed by atoms with van der Waals surface area (Å²) >= 11 is 0. The van der Waals surface area contributed by atoms with Crippen LogP contribution < -0.4 is 9.47 Å². The van der Waals surface area contributed by atoms with Crippen LogP contribution in [0.5, 0.6) is 11.5 Å². The van der Waals surface area contributed by atoms with E-state index in [9.17, 15) is 5.11 Å². The third-order valence-electron chi connectivity index (χ3n) is 6.76. The van der Waals surface area contributed by atoms with Crippen LogP contribution in [0.4, 0.5) is 0 Å². The second-order valence-electron chi connectivity index (χ2n) is 9.08. The van der Waals surface area contributed by atoms with E-state index in [1.54, 1.807) is 14.2 Å². The highest BCUT2D eigenvalue weighted by Gasteiger charge is 2.40. The third-order valence-corrected chi connectivity index (χ3v) is 6.76. The molecular formula is C26H36O4. The number of hydrogen-bond donors (Lipinski definition) is 1. The van der Waals surface area contributed by atoms with Gasteiger partial charge < -0.3 is 19.3 Å². The predicted molar refractivity (Wildman–Crippen MR) is 120 cm³/mol. The van der Waals surface area contributed by atoms with Gasteiger partial charge in [-0.05, 0) is 41.7 Å². The molecule has 1 saturated carbocycles. The van der Waals surface area contributed by atoms with E-state index >= 15 is 0 Å². The Labute approximate surface area is 181 Å². The fourth-order valence-corrected chi connectivity index (χ4v) is 4.90. The molecule has 4 nitrogen and oxygen atoms in total. The molecular weight excluding hydrogens is 376 g/mol. The van der Waals surface area contributed by atoms with E-state index in [-0.39, 0.29) is 18.1 Å². The van der Waals surface area contributed by atoms with Gasteiger partial charge >= 0.3 is 0 Å². The van der Waals surface area contributed by atoms with Crippen molar-refractivity contribution in [2.75, 3.05) is 20.8 Å². The third kappa shape index (κ3) is 4.81. The lowest BCUT2D eigenvalue weighted by Crippen LogP contribution is -2.43. The zero-order valence-corrected chi connectivity index (χ0v) is 18.9. The summed E-state index contributed by atoms with van der Waals surface area (Å²) in [4.78, 5) is 0. The maximum absolute atomic E-state index is 10.9. The van der Waals surface area contributed by atoms with Crippen LogP contribution >= 0.6 is 0 Å². The topological polar surface area (TPSA) is 47.9 Å². The van der Waals surface area contributed by atoms with Gasteiger partial charge in [-0.1, -0.05) is 69.7 Å². The van der Waals surface area contributed by atoms with Gasteiger partial charge in [-0.3, -0.25) is 0 Å². The normalized spacial score (nSPS) is 23.1. The highest BCUT2D eigenvalue weighted by atomic mass is 16.5. The van der Waals surface area contributed by atoms with E-state index in [0.29, 0.717) is 28.9 Å². The van der Waals surface area contributed by atoms with Gasteiger partial charge in [0, 0.05) is 5.56 Å². The number of para-hydroxylation sites is 1. The summed E-state index contributed by atoms with van der Waals surface area (Å²) in [5.41, 5.74) is 2.04. The van der Waals surface area contributed by atoms with Crippen molar-refractivity contribution in [2.45, 2.75) is 57.7 Å². The maximum atomic E-state index is 10.9. The minimum atomic E-state index is -0.771. The summed E-state index contributed by atoms with van der Waals surface area (Å²) in [6, 6.07) is 16.3. The van der Waals surface area contributed by atoms with Crippen LogP contribution in [0.3, 0.4) is 0 Å². The Hall–Kier alpha value is -2.04. The van der Waals surface area contributed by atoms with Gasteiger partial charge in [0.25, 0.3) is 0 Å². The highest BCUT2D eigenvalue weighted by Crippen LogP contribution is 2.44.